The Kier molecular flexibility index (Phi) is 2.68. The maximum atomic E-state index is 11.9. The highest BCUT2D eigenvalue weighted by molar-refractivity contribution is 5.25. The van der Waals surface area contributed by atoms with E-state index < -0.39 is 6.36 Å². The largest absolute Gasteiger partial charge is 0.572 e. The number of halogens is 3. The Morgan fingerprint density at radius 1 is 1.46 bits per heavy atom. The fourth-order valence-corrected chi connectivity index (χ4v) is 1.18. The maximum Gasteiger partial charge on any atom is 0.572 e. The van der Waals surface area contributed by atoms with Crippen LogP contribution in [0.4, 0.5) is 13.2 Å². The van der Waals surface area contributed by atoms with Crippen LogP contribution in [0, 0.1) is 5.92 Å². The van der Waals surface area contributed by atoms with E-state index in [0.29, 0.717) is 12.0 Å². The van der Waals surface area contributed by atoms with Gasteiger partial charge < -0.3 is 4.74 Å². The van der Waals surface area contributed by atoms with Crippen LogP contribution in [-0.2, 0) is 4.74 Å². The van der Waals surface area contributed by atoms with Crippen LogP contribution in [0.25, 0.3) is 0 Å². The maximum absolute atomic E-state index is 11.9. The first-order valence-electron chi connectivity index (χ1n) is 4.02. The molecule has 0 aliphatic heterocycles. The lowest BCUT2D eigenvalue weighted by molar-refractivity contribution is -0.307. The molecule has 4 heteroatoms. The van der Waals surface area contributed by atoms with Crippen molar-refractivity contribution in [2.75, 3.05) is 0 Å². The molecule has 13 heavy (non-hydrogen) atoms. The number of rotatable bonds is 1. The highest BCUT2D eigenvalue weighted by atomic mass is 19.4. The number of allylic oxidation sites excluding steroid dienone is 4. The van der Waals surface area contributed by atoms with Gasteiger partial charge in [-0.05, 0) is 18.4 Å². The fourth-order valence-electron chi connectivity index (χ4n) is 1.18. The highest BCUT2D eigenvalue weighted by Crippen LogP contribution is 2.30. The fraction of sp³-hybridized carbons (Fsp3) is 0.556. The number of alkyl halides is 3. The van der Waals surface area contributed by atoms with E-state index in [-0.39, 0.29) is 11.7 Å². The molecule has 1 unspecified atom stereocenters. The van der Waals surface area contributed by atoms with Crippen molar-refractivity contribution in [1.82, 2.24) is 0 Å². The van der Waals surface area contributed by atoms with Gasteiger partial charge in [0.25, 0.3) is 0 Å². The zero-order valence-corrected chi connectivity index (χ0v) is 7.48. The summed E-state index contributed by atoms with van der Waals surface area (Å²) in [5.74, 6) is 0.142. The Balaban J connectivity index is 2.73. The molecule has 0 radical (unpaired) electrons. The Hall–Kier alpha value is -0.930. The summed E-state index contributed by atoms with van der Waals surface area (Å²) in [4.78, 5) is 0. The van der Waals surface area contributed by atoms with Gasteiger partial charge in [-0.2, -0.15) is 0 Å². The predicted molar refractivity (Wildman–Crippen MR) is 42.8 cm³/mol. The van der Waals surface area contributed by atoms with E-state index in [9.17, 15) is 13.2 Å². The Morgan fingerprint density at radius 3 is 2.62 bits per heavy atom. The van der Waals surface area contributed by atoms with Gasteiger partial charge in [0.05, 0.1) is 0 Å². The van der Waals surface area contributed by atoms with Crippen molar-refractivity contribution in [3.05, 3.63) is 23.5 Å². The van der Waals surface area contributed by atoms with E-state index in [1.165, 1.54) is 0 Å². The zero-order chi connectivity index (χ0) is 10.1. The molecule has 1 aliphatic rings. The van der Waals surface area contributed by atoms with Gasteiger partial charge in [-0.3, -0.25) is 0 Å². The highest BCUT2D eigenvalue weighted by Gasteiger charge is 2.33. The zero-order valence-electron chi connectivity index (χ0n) is 7.48. The molecule has 0 spiro atoms. The van der Waals surface area contributed by atoms with Crippen molar-refractivity contribution in [2.24, 2.45) is 5.92 Å². The van der Waals surface area contributed by atoms with Gasteiger partial charge in [0.1, 0.15) is 5.76 Å². The molecular weight excluding hydrogens is 181 g/mol. The van der Waals surface area contributed by atoms with Crippen molar-refractivity contribution in [2.45, 2.75) is 26.6 Å². The summed E-state index contributed by atoms with van der Waals surface area (Å²) in [5.41, 5.74) is 0.551. The van der Waals surface area contributed by atoms with E-state index >= 15 is 0 Å². The van der Waals surface area contributed by atoms with Crippen molar-refractivity contribution < 1.29 is 17.9 Å². The summed E-state index contributed by atoms with van der Waals surface area (Å²) in [6, 6.07) is 0. The molecule has 0 N–H and O–H groups in total. The van der Waals surface area contributed by atoms with Gasteiger partial charge >= 0.3 is 6.36 Å². The quantitative estimate of drug-likeness (QED) is 0.618. The molecule has 0 aromatic carbocycles. The van der Waals surface area contributed by atoms with Crippen LogP contribution < -0.4 is 0 Å². The van der Waals surface area contributed by atoms with Gasteiger partial charge in [-0.1, -0.05) is 19.1 Å². The minimum Gasteiger partial charge on any atom is -0.410 e. The average Bonchev–Trinajstić information content (AvgIpc) is 1.94. The van der Waals surface area contributed by atoms with E-state index in [2.05, 4.69) is 4.74 Å². The molecule has 1 atom stereocenters. The molecule has 0 saturated heterocycles. The minimum absolute atomic E-state index is 0.0301. The third kappa shape index (κ3) is 3.13. The summed E-state index contributed by atoms with van der Waals surface area (Å²) in [7, 11) is 0. The Bertz CT molecular complexity index is 250. The summed E-state index contributed by atoms with van der Waals surface area (Å²) < 4.78 is 39.5. The van der Waals surface area contributed by atoms with Crippen LogP contribution in [0.2, 0.25) is 0 Å². The third-order valence-electron chi connectivity index (χ3n) is 1.86. The smallest absolute Gasteiger partial charge is 0.410 e. The standard InChI is InChI=1S/C9H11F3O/c1-6-3-4-7(2)8(5-6)13-9(10,11)12/h3-4,6H,5H2,1-2H3. The molecule has 0 aromatic heterocycles. The summed E-state index contributed by atoms with van der Waals surface area (Å²) in [6.07, 6.45) is -0.711. The van der Waals surface area contributed by atoms with E-state index in [4.69, 9.17) is 0 Å². The first-order valence-corrected chi connectivity index (χ1v) is 4.02. The lowest BCUT2D eigenvalue weighted by atomic mass is 9.97. The number of ether oxygens (including phenoxy) is 1. The van der Waals surface area contributed by atoms with Crippen molar-refractivity contribution >= 4 is 0 Å². The monoisotopic (exact) mass is 192 g/mol. The summed E-state index contributed by atoms with van der Waals surface area (Å²) >= 11 is 0. The average molecular weight is 192 g/mol. The molecule has 0 amide bonds. The second-order valence-electron chi connectivity index (χ2n) is 3.19. The molecule has 1 aliphatic carbocycles. The van der Waals surface area contributed by atoms with E-state index in [0.717, 1.165) is 0 Å². The minimum atomic E-state index is -4.57. The molecule has 0 saturated carbocycles. The summed E-state index contributed by atoms with van der Waals surface area (Å²) in [6.45, 7) is 3.46. The van der Waals surface area contributed by atoms with Crippen LogP contribution in [0.15, 0.2) is 23.5 Å². The first kappa shape index (κ1) is 10.2. The van der Waals surface area contributed by atoms with Gasteiger partial charge in [0.15, 0.2) is 0 Å². The van der Waals surface area contributed by atoms with E-state index in [1.807, 2.05) is 13.0 Å². The molecule has 0 bridgehead atoms. The third-order valence-corrected chi connectivity index (χ3v) is 1.86. The van der Waals surface area contributed by atoms with Crippen LogP contribution >= 0.6 is 0 Å². The molecular formula is C9H11F3O. The van der Waals surface area contributed by atoms with Crippen molar-refractivity contribution in [1.29, 1.82) is 0 Å². The molecule has 1 rings (SSSR count). The van der Waals surface area contributed by atoms with Gasteiger partial charge in [-0.15, -0.1) is 13.2 Å². The predicted octanol–water partition coefficient (Wildman–Crippen LogP) is 3.39. The second-order valence-corrected chi connectivity index (χ2v) is 3.19. The summed E-state index contributed by atoms with van der Waals surface area (Å²) in [5, 5.41) is 0. The lowest BCUT2D eigenvalue weighted by Gasteiger charge is -2.19. The first-order chi connectivity index (χ1) is 5.88. The van der Waals surface area contributed by atoms with Crippen LogP contribution in [0.3, 0.4) is 0 Å². The molecule has 0 aromatic rings. The molecule has 1 nitrogen and oxygen atoms in total. The van der Waals surface area contributed by atoms with Crippen LogP contribution in [0.1, 0.15) is 20.3 Å². The lowest BCUT2D eigenvalue weighted by Crippen LogP contribution is -2.16. The van der Waals surface area contributed by atoms with Gasteiger partial charge in [0, 0.05) is 6.42 Å². The Labute approximate surface area is 74.9 Å². The molecule has 0 fully saturated rings. The SMILES string of the molecule is CC1=C(OC(F)(F)F)CC(C)C=C1. The van der Waals surface area contributed by atoms with Crippen molar-refractivity contribution in [3.8, 4) is 0 Å². The number of hydrogen-bond donors (Lipinski definition) is 0. The van der Waals surface area contributed by atoms with Crippen LogP contribution in [-0.4, -0.2) is 6.36 Å². The van der Waals surface area contributed by atoms with Crippen LogP contribution in [0.5, 0.6) is 0 Å². The van der Waals surface area contributed by atoms with Crippen molar-refractivity contribution in [3.63, 3.8) is 0 Å². The van der Waals surface area contributed by atoms with E-state index in [1.54, 1.807) is 13.0 Å². The second kappa shape index (κ2) is 3.44. The molecule has 0 heterocycles. The normalized spacial score (nSPS) is 23.6. The topological polar surface area (TPSA) is 9.23 Å². The van der Waals surface area contributed by atoms with Gasteiger partial charge in [0.2, 0.25) is 0 Å². The number of hydrogen-bond acceptors (Lipinski definition) is 1. The van der Waals surface area contributed by atoms with Gasteiger partial charge in [-0.25, -0.2) is 0 Å². The Morgan fingerprint density at radius 2 is 2.08 bits per heavy atom. The molecule has 74 valence electrons.